The molecule has 120 valence electrons. The van der Waals surface area contributed by atoms with Gasteiger partial charge in [-0.2, -0.15) is 0 Å². The van der Waals surface area contributed by atoms with Crippen LogP contribution in [-0.2, 0) is 11.3 Å². The first kappa shape index (κ1) is 14.3. The SMILES string of the molecule is C[C@H](C(=O)N1CC2CC(C1)c1cccc(=O)n1C2)n1cccc1. The number of carbonyl (C=O) groups excluding carboxylic acids is 1. The topological polar surface area (TPSA) is 47.2 Å². The highest BCUT2D eigenvalue weighted by atomic mass is 16.2. The summed E-state index contributed by atoms with van der Waals surface area (Å²) in [5.74, 6) is 0.821. The van der Waals surface area contributed by atoms with Gasteiger partial charge in [-0.25, -0.2) is 0 Å². The van der Waals surface area contributed by atoms with Gasteiger partial charge < -0.3 is 14.0 Å². The Bertz CT molecular complexity index is 778. The molecule has 0 radical (unpaired) electrons. The monoisotopic (exact) mass is 311 g/mol. The summed E-state index contributed by atoms with van der Waals surface area (Å²) in [5, 5.41) is 0. The summed E-state index contributed by atoms with van der Waals surface area (Å²) in [6.45, 7) is 4.14. The molecular weight excluding hydrogens is 290 g/mol. The number of hydrogen-bond donors (Lipinski definition) is 0. The van der Waals surface area contributed by atoms with E-state index in [4.69, 9.17) is 0 Å². The highest BCUT2D eigenvalue weighted by Crippen LogP contribution is 2.35. The third-order valence-electron chi connectivity index (χ3n) is 5.22. The number of fused-ring (bicyclic) bond motifs is 4. The maximum Gasteiger partial charge on any atom is 0.250 e. The molecule has 2 aromatic rings. The van der Waals surface area contributed by atoms with Crippen molar-refractivity contribution in [2.45, 2.75) is 31.8 Å². The Hall–Kier alpha value is -2.30. The van der Waals surface area contributed by atoms with Gasteiger partial charge in [0.05, 0.1) is 0 Å². The molecule has 2 unspecified atom stereocenters. The third-order valence-corrected chi connectivity index (χ3v) is 5.22. The second-order valence-corrected chi connectivity index (χ2v) is 6.75. The highest BCUT2D eigenvalue weighted by Gasteiger charge is 2.37. The smallest absolute Gasteiger partial charge is 0.250 e. The lowest BCUT2D eigenvalue weighted by Gasteiger charge is -2.43. The van der Waals surface area contributed by atoms with Crippen molar-refractivity contribution in [2.24, 2.45) is 5.92 Å². The minimum Gasteiger partial charge on any atom is -0.342 e. The minimum atomic E-state index is -0.179. The lowest BCUT2D eigenvalue weighted by atomic mass is 9.83. The molecule has 0 aliphatic carbocycles. The molecule has 0 saturated carbocycles. The molecular formula is C18H21N3O2. The average molecular weight is 311 g/mol. The minimum absolute atomic E-state index is 0.0812. The Morgan fingerprint density at radius 1 is 1.13 bits per heavy atom. The van der Waals surface area contributed by atoms with Crippen LogP contribution in [0.15, 0.2) is 47.5 Å². The number of hydrogen-bond acceptors (Lipinski definition) is 2. The van der Waals surface area contributed by atoms with E-state index in [1.807, 2.05) is 57.6 Å². The standard InChI is InChI=1S/C18H21N3O2/c1-13(19-7-2-3-8-19)18(23)20-10-14-9-15(12-20)16-5-4-6-17(22)21(16)11-14/h2-8,13-15H,9-12H2,1H3/t13-,14?,15?/m1/s1. The summed E-state index contributed by atoms with van der Waals surface area (Å²) >= 11 is 0. The van der Waals surface area contributed by atoms with E-state index in [9.17, 15) is 9.59 Å². The lowest BCUT2D eigenvalue weighted by molar-refractivity contribution is -0.137. The van der Waals surface area contributed by atoms with Crippen LogP contribution in [-0.4, -0.2) is 33.0 Å². The zero-order valence-electron chi connectivity index (χ0n) is 13.3. The number of piperidine rings is 1. The van der Waals surface area contributed by atoms with Crippen molar-refractivity contribution < 1.29 is 4.79 Å². The van der Waals surface area contributed by atoms with Gasteiger partial charge in [-0.05, 0) is 37.5 Å². The van der Waals surface area contributed by atoms with Crippen molar-refractivity contribution in [3.8, 4) is 0 Å². The van der Waals surface area contributed by atoms with E-state index < -0.39 is 0 Å². The number of likely N-dealkylation sites (tertiary alicyclic amines) is 1. The van der Waals surface area contributed by atoms with E-state index in [1.54, 1.807) is 6.07 Å². The predicted molar refractivity (Wildman–Crippen MR) is 87.3 cm³/mol. The van der Waals surface area contributed by atoms with Crippen LogP contribution in [0.1, 0.15) is 31.0 Å². The Morgan fingerprint density at radius 3 is 2.70 bits per heavy atom. The van der Waals surface area contributed by atoms with E-state index in [-0.39, 0.29) is 23.4 Å². The van der Waals surface area contributed by atoms with Crippen molar-refractivity contribution >= 4 is 5.91 Å². The van der Waals surface area contributed by atoms with Crippen LogP contribution >= 0.6 is 0 Å². The summed E-state index contributed by atoms with van der Waals surface area (Å²) in [6, 6.07) is 9.20. The van der Waals surface area contributed by atoms with Crippen LogP contribution in [0.3, 0.4) is 0 Å². The predicted octanol–water partition coefficient (Wildman–Crippen LogP) is 1.86. The number of rotatable bonds is 2. The first-order valence-electron chi connectivity index (χ1n) is 8.24. The van der Waals surface area contributed by atoms with Gasteiger partial charge in [0.25, 0.3) is 5.56 Å². The Morgan fingerprint density at radius 2 is 1.91 bits per heavy atom. The summed E-state index contributed by atoms with van der Waals surface area (Å²) in [5.41, 5.74) is 1.16. The second-order valence-electron chi connectivity index (χ2n) is 6.75. The van der Waals surface area contributed by atoms with Crippen LogP contribution < -0.4 is 5.56 Å². The molecule has 2 aliphatic heterocycles. The molecule has 4 heterocycles. The van der Waals surface area contributed by atoms with Gasteiger partial charge in [0.1, 0.15) is 6.04 Å². The first-order valence-corrected chi connectivity index (χ1v) is 8.24. The maximum absolute atomic E-state index is 12.8. The van der Waals surface area contributed by atoms with Gasteiger partial charge in [-0.3, -0.25) is 9.59 Å². The van der Waals surface area contributed by atoms with Crippen LogP contribution in [0.4, 0.5) is 0 Å². The largest absolute Gasteiger partial charge is 0.342 e. The van der Waals surface area contributed by atoms with Gasteiger partial charge in [0.2, 0.25) is 5.91 Å². The van der Waals surface area contributed by atoms with Gasteiger partial charge in [-0.15, -0.1) is 0 Å². The molecule has 2 aromatic heterocycles. The van der Waals surface area contributed by atoms with Crippen molar-refractivity contribution in [3.05, 3.63) is 58.8 Å². The van der Waals surface area contributed by atoms with Crippen LogP contribution in [0.25, 0.3) is 0 Å². The molecule has 1 amide bonds. The van der Waals surface area contributed by atoms with Gasteiger partial charge in [0.15, 0.2) is 0 Å². The van der Waals surface area contributed by atoms with E-state index in [1.165, 1.54) is 0 Å². The fourth-order valence-electron chi connectivity index (χ4n) is 4.07. The molecule has 0 N–H and O–H groups in total. The van der Waals surface area contributed by atoms with E-state index in [2.05, 4.69) is 0 Å². The van der Waals surface area contributed by atoms with E-state index in [0.29, 0.717) is 12.5 Å². The summed E-state index contributed by atoms with van der Waals surface area (Å²) in [6.07, 6.45) is 4.94. The first-order chi connectivity index (χ1) is 11.1. The van der Waals surface area contributed by atoms with Crippen LogP contribution in [0, 0.1) is 5.92 Å². The van der Waals surface area contributed by atoms with Crippen LogP contribution in [0.2, 0.25) is 0 Å². The highest BCUT2D eigenvalue weighted by molar-refractivity contribution is 5.80. The van der Waals surface area contributed by atoms with E-state index >= 15 is 0 Å². The maximum atomic E-state index is 12.8. The molecule has 0 aromatic carbocycles. The molecule has 2 aliphatic rings. The quantitative estimate of drug-likeness (QED) is 0.850. The normalized spacial score (nSPS) is 24.1. The Kier molecular flexibility index (Phi) is 3.36. The zero-order valence-corrected chi connectivity index (χ0v) is 13.3. The fraction of sp³-hybridized carbons (Fsp3) is 0.444. The number of carbonyl (C=O) groups is 1. The Labute approximate surface area is 135 Å². The van der Waals surface area contributed by atoms with Crippen molar-refractivity contribution in [1.82, 2.24) is 14.0 Å². The molecule has 1 fully saturated rings. The summed E-state index contributed by atoms with van der Waals surface area (Å²) < 4.78 is 3.85. The van der Waals surface area contributed by atoms with E-state index in [0.717, 1.165) is 25.2 Å². The molecule has 3 atom stereocenters. The average Bonchev–Trinajstić information content (AvgIpc) is 3.09. The second kappa shape index (κ2) is 5.41. The summed E-state index contributed by atoms with van der Waals surface area (Å²) in [7, 11) is 0. The zero-order chi connectivity index (χ0) is 16.0. The Balaban J connectivity index is 1.59. The molecule has 5 nitrogen and oxygen atoms in total. The number of aromatic nitrogens is 2. The number of pyridine rings is 1. The molecule has 4 rings (SSSR count). The number of amides is 1. The van der Waals surface area contributed by atoms with Gasteiger partial charge >= 0.3 is 0 Å². The number of nitrogens with zero attached hydrogens (tertiary/aromatic N) is 3. The van der Waals surface area contributed by atoms with Crippen molar-refractivity contribution in [1.29, 1.82) is 0 Å². The summed E-state index contributed by atoms with van der Waals surface area (Å²) in [4.78, 5) is 26.9. The van der Waals surface area contributed by atoms with Gasteiger partial charge in [0, 0.05) is 49.7 Å². The van der Waals surface area contributed by atoms with Gasteiger partial charge in [-0.1, -0.05) is 6.07 Å². The lowest BCUT2D eigenvalue weighted by Crippen LogP contribution is -2.50. The fourth-order valence-corrected chi connectivity index (χ4v) is 4.07. The third kappa shape index (κ3) is 2.40. The molecule has 2 bridgehead atoms. The molecule has 5 heteroatoms. The molecule has 23 heavy (non-hydrogen) atoms. The molecule has 1 saturated heterocycles. The van der Waals surface area contributed by atoms with Crippen molar-refractivity contribution in [2.75, 3.05) is 13.1 Å². The molecule has 0 spiro atoms. The van der Waals surface area contributed by atoms with Crippen LogP contribution in [0.5, 0.6) is 0 Å². The van der Waals surface area contributed by atoms with Crippen molar-refractivity contribution in [3.63, 3.8) is 0 Å².